The normalized spacial score (nSPS) is 15.6. The zero-order chi connectivity index (χ0) is 16.9. The minimum absolute atomic E-state index is 0.273. The molecule has 3 rings (SSSR count). The molecule has 1 unspecified atom stereocenters. The van der Waals surface area contributed by atoms with Crippen molar-refractivity contribution in [3.63, 3.8) is 0 Å². The third kappa shape index (κ3) is 4.01. The van der Waals surface area contributed by atoms with Crippen molar-refractivity contribution >= 4 is 0 Å². The van der Waals surface area contributed by atoms with Crippen LogP contribution in [-0.2, 0) is 13.0 Å². The van der Waals surface area contributed by atoms with E-state index in [0.29, 0.717) is 19.0 Å². The van der Waals surface area contributed by atoms with Crippen LogP contribution in [0.4, 0.5) is 0 Å². The predicted octanol–water partition coefficient (Wildman–Crippen LogP) is 1.59. The highest BCUT2D eigenvalue weighted by molar-refractivity contribution is 5.31. The second-order valence-electron chi connectivity index (χ2n) is 6.07. The van der Waals surface area contributed by atoms with Gasteiger partial charge in [-0.05, 0) is 24.6 Å². The molecule has 1 aliphatic rings. The molecule has 1 aromatic carbocycles. The Kier molecular flexibility index (Phi) is 5.27. The predicted molar refractivity (Wildman–Crippen MR) is 90.2 cm³/mol. The van der Waals surface area contributed by atoms with Gasteiger partial charge in [0.25, 0.3) is 0 Å². The number of benzene rings is 1. The van der Waals surface area contributed by atoms with Crippen LogP contribution < -0.4 is 9.47 Å². The topological polar surface area (TPSA) is 67.7 Å². The van der Waals surface area contributed by atoms with E-state index in [4.69, 9.17) is 9.47 Å². The fourth-order valence-corrected chi connectivity index (χ4v) is 2.95. The van der Waals surface area contributed by atoms with Crippen LogP contribution >= 0.6 is 0 Å². The minimum Gasteiger partial charge on any atom is -0.491 e. The van der Waals surface area contributed by atoms with Crippen LogP contribution in [0.1, 0.15) is 16.8 Å². The van der Waals surface area contributed by atoms with Gasteiger partial charge >= 0.3 is 0 Å². The number of aryl methyl sites for hydroxylation is 1. The van der Waals surface area contributed by atoms with Crippen molar-refractivity contribution in [2.45, 2.75) is 26.0 Å². The second-order valence-corrected chi connectivity index (χ2v) is 6.07. The number of nitrogens with zero attached hydrogens (tertiary/aromatic N) is 3. The number of fused-ring (bicyclic) bond motifs is 1. The average Bonchev–Trinajstić information content (AvgIpc) is 2.59. The summed E-state index contributed by atoms with van der Waals surface area (Å²) in [6.45, 7) is 4.37. The van der Waals surface area contributed by atoms with E-state index < -0.39 is 6.10 Å². The number of rotatable bonds is 6. The number of hydrogen-bond donors (Lipinski definition) is 1. The molecule has 6 heteroatoms. The maximum Gasteiger partial charge on any atom is 0.220 e. The van der Waals surface area contributed by atoms with E-state index in [2.05, 4.69) is 14.9 Å². The van der Waals surface area contributed by atoms with Gasteiger partial charge in [-0.3, -0.25) is 4.90 Å². The molecule has 6 nitrogen and oxygen atoms in total. The monoisotopic (exact) mass is 329 g/mol. The lowest BCUT2D eigenvalue weighted by Gasteiger charge is -2.30. The van der Waals surface area contributed by atoms with Crippen molar-refractivity contribution in [2.75, 3.05) is 26.8 Å². The minimum atomic E-state index is -0.553. The van der Waals surface area contributed by atoms with Crippen LogP contribution in [0.2, 0.25) is 0 Å². The van der Waals surface area contributed by atoms with Gasteiger partial charge in [0, 0.05) is 31.6 Å². The van der Waals surface area contributed by atoms with E-state index >= 15 is 0 Å². The SMILES string of the molecule is COc1ncnc2c1CN(CC(O)COc1cccc(C)c1)CC2. The molecule has 1 N–H and O–H groups in total. The molecule has 0 saturated carbocycles. The summed E-state index contributed by atoms with van der Waals surface area (Å²) in [5, 5.41) is 10.3. The summed E-state index contributed by atoms with van der Waals surface area (Å²) in [6.07, 6.45) is 1.82. The van der Waals surface area contributed by atoms with Gasteiger partial charge in [-0.1, -0.05) is 12.1 Å². The van der Waals surface area contributed by atoms with Gasteiger partial charge in [0.1, 0.15) is 24.8 Å². The molecule has 128 valence electrons. The molecule has 2 heterocycles. The molecule has 0 amide bonds. The molecule has 0 bridgehead atoms. The van der Waals surface area contributed by atoms with E-state index in [-0.39, 0.29) is 6.61 Å². The molecule has 24 heavy (non-hydrogen) atoms. The molecule has 0 saturated heterocycles. The Bertz CT molecular complexity index is 679. The molecule has 0 fully saturated rings. The van der Waals surface area contributed by atoms with Crippen LogP contribution in [0.3, 0.4) is 0 Å². The van der Waals surface area contributed by atoms with E-state index in [1.807, 2.05) is 31.2 Å². The average molecular weight is 329 g/mol. The Hall–Kier alpha value is -2.18. The first-order valence-corrected chi connectivity index (χ1v) is 8.12. The first kappa shape index (κ1) is 16.7. The first-order chi connectivity index (χ1) is 11.7. The zero-order valence-corrected chi connectivity index (χ0v) is 14.1. The maximum atomic E-state index is 10.3. The maximum absolute atomic E-state index is 10.3. The summed E-state index contributed by atoms with van der Waals surface area (Å²) < 4.78 is 11.0. The number of aliphatic hydroxyl groups is 1. The van der Waals surface area contributed by atoms with Crippen LogP contribution in [-0.4, -0.2) is 52.9 Å². The Morgan fingerprint density at radius 2 is 2.21 bits per heavy atom. The molecular formula is C18H23N3O3. The lowest BCUT2D eigenvalue weighted by molar-refractivity contribution is 0.0630. The first-order valence-electron chi connectivity index (χ1n) is 8.12. The lowest BCUT2D eigenvalue weighted by Crippen LogP contribution is -2.39. The van der Waals surface area contributed by atoms with E-state index in [1.54, 1.807) is 7.11 Å². The summed E-state index contributed by atoms with van der Waals surface area (Å²) in [6, 6.07) is 7.83. The third-order valence-electron chi connectivity index (χ3n) is 4.14. The quantitative estimate of drug-likeness (QED) is 0.868. The van der Waals surface area contributed by atoms with Gasteiger partial charge in [-0.2, -0.15) is 0 Å². The number of methoxy groups -OCH3 is 1. The van der Waals surface area contributed by atoms with Gasteiger partial charge in [0.05, 0.1) is 12.8 Å². The van der Waals surface area contributed by atoms with Gasteiger partial charge in [0.2, 0.25) is 5.88 Å². The highest BCUT2D eigenvalue weighted by atomic mass is 16.5. The third-order valence-corrected chi connectivity index (χ3v) is 4.14. The van der Waals surface area contributed by atoms with E-state index in [0.717, 1.165) is 35.5 Å². The fourth-order valence-electron chi connectivity index (χ4n) is 2.95. The Balaban J connectivity index is 1.54. The number of aromatic nitrogens is 2. The number of β-amino-alcohol motifs (C(OH)–C–C–N with tert-alkyl or cyclic N) is 1. The van der Waals surface area contributed by atoms with Gasteiger partial charge < -0.3 is 14.6 Å². The highest BCUT2D eigenvalue weighted by Crippen LogP contribution is 2.24. The largest absolute Gasteiger partial charge is 0.491 e. The number of ether oxygens (including phenoxy) is 2. The smallest absolute Gasteiger partial charge is 0.220 e. The van der Waals surface area contributed by atoms with Gasteiger partial charge in [-0.25, -0.2) is 9.97 Å². The van der Waals surface area contributed by atoms with Crippen LogP contribution in [0.25, 0.3) is 0 Å². The van der Waals surface area contributed by atoms with Gasteiger partial charge in [-0.15, -0.1) is 0 Å². The zero-order valence-electron chi connectivity index (χ0n) is 14.1. The summed E-state index contributed by atoms with van der Waals surface area (Å²) in [7, 11) is 1.62. The molecule has 0 radical (unpaired) electrons. The molecule has 0 spiro atoms. The van der Waals surface area contributed by atoms with Crippen molar-refractivity contribution in [1.29, 1.82) is 0 Å². The summed E-state index contributed by atoms with van der Waals surface area (Å²) in [4.78, 5) is 10.7. The van der Waals surface area contributed by atoms with Crippen molar-refractivity contribution < 1.29 is 14.6 Å². The summed E-state index contributed by atoms with van der Waals surface area (Å²) >= 11 is 0. The van der Waals surface area contributed by atoms with Crippen molar-refractivity contribution in [2.24, 2.45) is 0 Å². The summed E-state index contributed by atoms with van der Waals surface area (Å²) in [5.74, 6) is 1.41. The number of aliphatic hydroxyl groups excluding tert-OH is 1. The molecule has 1 atom stereocenters. The van der Waals surface area contributed by atoms with Gasteiger partial charge in [0.15, 0.2) is 0 Å². The second kappa shape index (κ2) is 7.59. The fraction of sp³-hybridized carbons (Fsp3) is 0.444. The van der Waals surface area contributed by atoms with Crippen LogP contribution in [0.15, 0.2) is 30.6 Å². The highest BCUT2D eigenvalue weighted by Gasteiger charge is 2.23. The van der Waals surface area contributed by atoms with E-state index in [1.165, 1.54) is 6.33 Å². The standard InChI is InChI=1S/C18H23N3O3/c1-13-4-3-5-15(8-13)24-11-14(22)9-21-7-6-17-16(10-21)18(23-2)20-12-19-17/h3-5,8,12,14,22H,6-7,9-11H2,1-2H3. The van der Waals surface area contributed by atoms with E-state index in [9.17, 15) is 5.11 Å². The van der Waals surface area contributed by atoms with Crippen LogP contribution in [0.5, 0.6) is 11.6 Å². The van der Waals surface area contributed by atoms with Crippen molar-refractivity contribution in [1.82, 2.24) is 14.9 Å². The molecular weight excluding hydrogens is 306 g/mol. The molecule has 2 aromatic rings. The molecule has 1 aliphatic heterocycles. The van der Waals surface area contributed by atoms with Crippen molar-refractivity contribution in [3.05, 3.63) is 47.4 Å². The van der Waals surface area contributed by atoms with Crippen LogP contribution in [0, 0.1) is 6.92 Å². The molecule has 0 aliphatic carbocycles. The Morgan fingerprint density at radius 3 is 3.00 bits per heavy atom. The Labute approximate surface area is 142 Å². The Morgan fingerprint density at radius 1 is 1.33 bits per heavy atom. The molecule has 1 aromatic heterocycles. The van der Waals surface area contributed by atoms with Crippen molar-refractivity contribution in [3.8, 4) is 11.6 Å². The number of hydrogen-bond acceptors (Lipinski definition) is 6. The lowest BCUT2D eigenvalue weighted by atomic mass is 10.1. The summed E-state index contributed by atoms with van der Waals surface area (Å²) in [5.41, 5.74) is 3.18.